The Balaban J connectivity index is 2.53. The molecule has 74 valence electrons. The van der Waals surface area contributed by atoms with E-state index in [1.807, 2.05) is 6.92 Å². The quantitative estimate of drug-likeness (QED) is 0.771. The summed E-state index contributed by atoms with van der Waals surface area (Å²) in [5, 5.41) is 0. The molecule has 1 heterocycles. The Morgan fingerprint density at radius 3 is 2.69 bits per heavy atom. The molecule has 0 saturated carbocycles. The van der Waals surface area contributed by atoms with Gasteiger partial charge in [-0.1, -0.05) is 13.8 Å². The molecule has 4 nitrogen and oxygen atoms in total. The number of rotatable bonds is 4. The van der Waals surface area contributed by atoms with Crippen molar-refractivity contribution < 1.29 is 9.15 Å². The van der Waals surface area contributed by atoms with Gasteiger partial charge < -0.3 is 14.9 Å². The molecule has 0 aromatic carbocycles. The van der Waals surface area contributed by atoms with Crippen molar-refractivity contribution in [2.45, 2.75) is 33.4 Å². The van der Waals surface area contributed by atoms with Crippen molar-refractivity contribution in [1.82, 2.24) is 4.98 Å². The third kappa shape index (κ3) is 2.73. The molecule has 0 aliphatic rings. The number of oxazole rings is 1. The summed E-state index contributed by atoms with van der Waals surface area (Å²) >= 11 is 0. The normalized spacial score (nSPS) is 13.3. The van der Waals surface area contributed by atoms with Crippen molar-refractivity contribution >= 4 is 0 Å². The third-order valence-electron chi connectivity index (χ3n) is 1.97. The lowest BCUT2D eigenvalue weighted by Crippen LogP contribution is -2.18. The Kier molecular flexibility index (Phi) is 3.31. The zero-order valence-corrected chi connectivity index (χ0v) is 8.28. The molecule has 1 aromatic rings. The Hall–Kier alpha value is -1.03. The lowest BCUT2D eigenvalue weighted by atomic mass is 10.1. The van der Waals surface area contributed by atoms with Crippen LogP contribution in [0.25, 0.3) is 0 Å². The van der Waals surface area contributed by atoms with Crippen molar-refractivity contribution in [1.29, 1.82) is 0 Å². The molecule has 0 amide bonds. The standard InChI is InChI=1S/C9H16N2O2/c1-6(2)7(3)13-9-11-8(4-10)5-12-9/h5-7H,4,10H2,1-3H3. The van der Waals surface area contributed by atoms with Crippen LogP contribution in [0.2, 0.25) is 0 Å². The second-order valence-electron chi connectivity index (χ2n) is 3.38. The largest absolute Gasteiger partial charge is 0.447 e. The molecule has 0 spiro atoms. The molecule has 1 aromatic heterocycles. The van der Waals surface area contributed by atoms with E-state index in [0.29, 0.717) is 24.2 Å². The summed E-state index contributed by atoms with van der Waals surface area (Å²) in [5.74, 6) is 0.438. The van der Waals surface area contributed by atoms with E-state index in [2.05, 4.69) is 18.8 Å². The highest BCUT2D eigenvalue weighted by molar-refractivity contribution is 4.99. The van der Waals surface area contributed by atoms with Gasteiger partial charge in [0, 0.05) is 6.54 Å². The molecule has 0 saturated heterocycles. The fraction of sp³-hybridized carbons (Fsp3) is 0.667. The maximum atomic E-state index is 5.42. The van der Waals surface area contributed by atoms with Crippen LogP contribution in [0.1, 0.15) is 26.5 Å². The SMILES string of the molecule is CC(C)C(C)Oc1nc(CN)co1. The van der Waals surface area contributed by atoms with Crippen LogP contribution in [0.5, 0.6) is 6.08 Å². The van der Waals surface area contributed by atoms with E-state index in [1.54, 1.807) is 0 Å². The van der Waals surface area contributed by atoms with Crippen LogP contribution in [0.4, 0.5) is 0 Å². The van der Waals surface area contributed by atoms with Crippen LogP contribution >= 0.6 is 0 Å². The van der Waals surface area contributed by atoms with Crippen molar-refractivity contribution in [3.05, 3.63) is 12.0 Å². The van der Waals surface area contributed by atoms with Gasteiger partial charge in [-0.3, -0.25) is 0 Å². The Morgan fingerprint density at radius 1 is 1.54 bits per heavy atom. The monoisotopic (exact) mass is 184 g/mol. The molecule has 1 atom stereocenters. The van der Waals surface area contributed by atoms with Gasteiger partial charge >= 0.3 is 6.08 Å². The van der Waals surface area contributed by atoms with Crippen LogP contribution in [0, 0.1) is 5.92 Å². The summed E-state index contributed by atoms with van der Waals surface area (Å²) in [6.07, 6.45) is 1.92. The van der Waals surface area contributed by atoms with Crippen molar-refractivity contribution in [3.63, 3.8) is 0 Å². The zero-order valence-electron chi connectivity index (χ0n) is 8.28. The molecule has 1 rings (SSSR count). The highest BCUT2D eigenvalue weighted by Gasteiger charge is 2.12. The molecule has 0 fully saturated rings. The minimum absolute atomic E-state index is 0.101. The number of hydrogen-bond acceptors (Lipinski definition) is 4. The van der Waals surface area contributed by atoms with E-state index in [1.165, 1.54) is 6.26 Å². The summed E-state index contributed by atoms with van der Waals surface area (Å²) in [6, 6.07) is 0. The molecule has 1 unspecified atom stereocenters. The first kappa shape index (κ1) is 10.1. The Labute approximate surface area is 78.1 Å². The van der Waals surface area contributed by atoms with Crippen molar-refractivity contribution in [2.24, 2.45) is 11.7 Å². The van der Waals surface area contributed by atoms with Crippen LogP contribution in [0.3, 0.4) is 0 Å². The van der Waals surface area contributed by atoms with Crippen LogP contribution in [-0.4, -0.2) is 11.1 Å². The van der Waals surface area contributed by atoms with Gasteiger partial charge in [0.05, 0.1) is 5.69 Å². The van der Waals surface area contributed by atoms with E-state index < -0.39 is 0 Å². The highest BCUT2D eigenvalue weighted by Crippen LogP contribution is 2.14. The second-order valence-corrected chi connectivity index (χ2v) is 3.38. The number of ether oxygens (including phenoxy) is 1. The molecule has 2 N–H and O–H groups in total. The van der Waals surface area contributed by atoms with Crippen molar-refractivity contribution in [2.75, 3.05) is 0 Å². The predicted molar refractivity (Wildman–Crippen MR) is 49.3 cm³/mol. The first-order valence-electron chi connectivity index (χ1n) is 4.44. The zero-order chi connectivity index (χ0) is 9.84. The van der Waals surface area contributed by atoms with Gasteiger partial charge in [-0.25, -0.2) is 0 Å². The maximum Gasteiger partial charge on any atom is 0.394 e. The summed E-state index contributed by atoms with van der Waals surface area (Å²) in [4.78, 5) is 4.04. The van der Waals surface area contributed by atoms with Crippen LogP contribution in [-0.2, 0) is 6.54 Å². The molecule has 0 bridgehead atoms. The lowest BCUT2D eigenvalue weighted by Gasteiger charge is -2.14. The fourth-order valence-electron chi connectivity index (χ4n) is 0.731. The molecule has 0 aliphatic heterocycles. The fourth-order valence-corrected chi connectivity index (χ4v) is 0.731. The van der Waals surface area contributed by atoms with E-state index in [-0.39, 0.29) is 6.10 Å². The molecule has 0 aliphatic carbocycles. The topological polar surface area (TPSA) is 61.3 Å². The van der Waals surface area contributed by atoms with E-state index in [4.69, 9.17) is 14.9 Å². The average molecular weight is 184 g/mol. The van der Waals surface area contributed by atoms with Gasteiger partial charge in [0.25, 0.3) is 0 Å². The molecule has 4 heteroatoms. The van der Waals surface area contributed by atoms with Gasteiger partial charge in [0.1, 0.15) is 12.4 Å². The number of nitrogens with two attached hydrogens (primary N) is 1. The summed E-state index contributed by atoms with van der Waals surface area (Å²) < 4.78 is 10.5. The number of hydrogen-bond donors (Lipinski definition) is 1. The smallest absolute Gasteiger partial charge is 0.394 e. The Morgan fingerprint density at radius 2 is 2.23 bits per heavy atom. The number of nitrogens with zero attached hydrogens (tertiary/aromatic N) is 1. The summed E-state index contributed by atoms with van der Waals surface area (Å²) in [7, 11) is 0. The summed E-state index contributed by atoms with van der Waals surface area (Å²) in [6.45, 7) is 6.52. The molecule has 13 heavy (non-hydrogen) atoms. The maximum absolute atomic E-state index is 5.42. The van der Waals surface area contributed by atoms with Gasteiger partial charge in [0.2, 0.25) is 0 Å². The van der Waals surface area contributed by atoms with Crippen LogP contribution < -0.4 is 10.5 Å². The van der Waals surface area contributed by atoms with E-state index >= 15 is 0 Å². The van der Waals surface area contributed by atoms with Gasteiger partial charge in [-0.2, -0.15) is 4.98 Å². The number of aromatic nitrogens is 1. The van der Waals surface area contributed by atoms with Crippen molar-refractivity contribution in [3.8, 4) is 6.08 Å². The van der Waals surface area contributed by atoms with E-state index in [0.717, 1.165) is 0 Å². The summed E-state index contributed by atoms with van der Waals surface area (Å²) in [5.41, 5.74) is 6.09. The first-order valence-corrected chi connectivity index (χ1v) is 4.44. The minimum Gasteiger partial charge on any atom is -0.447 e. The van der Waals surface area contributed by atoms with Gasteiger partial charge in [-0.05, 0) is 12.8 Å². The first-order chi connectivity index (χ1) is 6.13. The minimum atomic E-state index is 0.101. The van der Waals surface area contributed by atoms with E-state index in [9.17, 15) is 0 Å². The lowest BCUT2D eigenvalue weighted by molar-refractivity contribution is 0.123. The second kappa shape index (κ2) is 4.28. The Bertz CT molecular complexity index is 258. The molecular formula is C9H16N2O2. The third-order valence-corrected chi connectivity index (χ3v) is 1.97. The van der Waals surface area contributed by atoms with Gasteiger partial charge in [0.15, 0.2) is 0 Å². The van der Waals surface area contributed by atoms with Crippen LogP contribution in [0.15, 0.2) is 10.7 Å². The highest BCUT2D eigenvalue weighted by atomic mass is 16.6. The molecule has 0 radical (unpaired) electrons. The van der Waals surface area contributed by atoms with Gasteiger partial charge in [-0.15, -0.1) is 0 Å². The molecular weight excluding hydrogens is 168 g/mol. The predicted octanol–water partition coefficient (Wildman–Crippen LogP) is 1.56. The average Bonchev–Trinajstić information content (AvgIpc) is 2.52.